The number of ketones is 1. The molecular weight excluding hydrogens is 490 g/mol. The first-order valence-electron chi connectivity index (χ1n) is 12.1. The minimum Gasteiger partial charge on any atom is -0.490 e. The molecule has 0 bridgehead atoms. The first kappa shape index (κ1) is 26.3. The molecule has 1 atom stereocenters. The van der Waals surface area contributed by atoms with E-state index in [9.17, 15) is 19.6 Å². The number of methoxy groups -OCH3 is 1. The second-order valence-electron chi connectivity index (χ2n) is 8.58. The van der Waals surface area contributed by atoms with Crippen molar-refractivity contribution < 1.29 is 33.3 Å². The van der Waals surface area contributed by atoms with Gasteiger partial charge in [0.15, 0.2) is 23.9 Å². The maximum atomic E-state index is 12.8. The van der Waals surface area contributed by atoms with E-state index in [1.54, 1.807) is 49.4 Å². The first-order chi connectivity index (χ1) is 18.4. The van der Waals surface area contributed by atoms with Crippen molar-refractivity contribution in [1.29, 1.82) is 5.26 Å². The summed E-state index contributed by atoms with van der Waals surface area (Å²) in [4.78, 5) is 36.9. The van der Waals surface area contributed by atoms with E-state index in [1.807, 2.05) is 0 Å². The van der Waals surface area contributed by atoms with Crippen LogP contribution in [0.3, 0.4) is 0 Å². The molecule has 1 aliphatic carbocycles. The zero-order chi connectivity index (χ0) is 27.2. The van der Waals surface area contributed by atoms with Crippen LogP contribution in [0.1, 0.15) is 48.0 Å². The Labute approximate surface area is 219 Å². The molecular formula is C28H27N3O7. The highest BCUT2D eigenvalue weighted by Gasteiger charge is 2.38. The van der Waals surface area contributed by atoms with Crippen LogP contribution in [0.15, 0.2) is 65.3 Å². The Kier molecular flexibility index (Phi) is 7.97. The number of hydrogen-bond donors (Lipinski definition) is 2. The Bertz CT molecular complexity index is 1370. The number of anilines is 1. The van der Waals surface area contributed by atoms with Crippen LogP contribution in [0.5, 0.6) is 11.5 Å². The standard InChI is InChI=1S/C28H27N3O7/c1-3-36-23-13-17(25-19(14-29)27(30)38-22-6-4-5-20(32)26(22)25)9-12-21(23)37-15-24(33)31-18-10-7-16(8-11-18)28(34)35-2/h7-13,25H,3-6,15,30H2,1-2H3,(H,31,33). The first-order valence-corrected chi connectivity index (χ1v) is 12.1. The molecule has 1 unspecified atom stereocenters. The number of esters is 1. The molecule has 38 heavy (non-hydrogen) atoms. The van der Waals surface area contributed by atoms with Gasteiger partial charge in [-0.05, 0) is 55.3 Å². The Morgan fingerprint density at radius 2 is 1.89 bits per heavy atom. The summed E-state index contributed by atoms with van der Waals surface area (Å²) in [6.45, 7) is 1.82. The van der Waals surface area contributed by atoms with E-state index in [1.165, 1.54) is 7.11 Å². The van der Waals surface area contributed by atoms with E-state index in [0.717, 1.165) is 0 Å². The number of amides is 1. The molecule has 0 aromatic heterocycles. The summed E-state index contributed by atoms with van der Waals surface area (Å²) < 4.78 is 21.8. The number of Topliss-reactive ketones (excluding diaryl/α,β-unsaturated/α-hetero) is 1. The van der Waals surface area contributed by atoms with Crippen LogP contribution >= 0.6 is 0 Å². The Balaban J connectivity index is 1.53. The molecule has 0 saturated carbocycles. The zero-order valence-corrected chi connectivity index (χ0v) is 21.0. The molecule has 1 amide bonds. The van der Waals surface area contributed by atoms with Crippen LogP contribution in [0.2, 0.25) is 0 Å². The maximum Gasteiger partial charge on any atom is 0.337 e. The van der Waals surface area contributed by atoms with E-state index < -0.39 is 17.8 Å². The number of hydrogen-bond acceptors (Lipinski definition) is 9. The predicted octanol–water partition coefficient (Wildman–Crippen LogP) is 3.70. The minimum atomic E-state index is -0.680. The highest BCUT2D eigenvalue weighted by atomic mass is 16.5. The third kappa shape index (κ3) is 5.47. The second-order valence-corrected chi connectivity index (χ2v) is 8.58. The van der Waals surface area contributed by atoms with Gasteiger partial charge < -0.3 is 30.0 Å². The summed E-state index contributed by atoms with van der Waals surface area (Å²) in [6.07, 6.45) is 1.60. The van der Waals surface area contributed by atoms with E-state index in [-0.39, 0.29) is 23.8 Å². The van der Waals surface area contributed by atoms with Gasteiger partial charge in [-0.15, -0.1) is 0 Å². The Morgan fingerprint density at radius 3 is 2.58 bits per heavy atom. The Hall–Kier alpha value is -4.78. The van der Waals surface area contributed by atoms with Gasteiger partial charge in [0.2, 0.25) is 5.88 Å². The van der Waals surface area contributed by atoms with E-state index in [2.05, 4.69) is 16.1 Å². The molecule has 10 nitrogen and oxygen atoms in total. The molecule has 2 aromatic rings. The van der Waals surface area contributed by atoms with Crippen LogP contribution < -0.4 is 20.5 Å². The topological polar surface area (TPSA) is 150 Å². The van der Waals surface area contributed by atoms with Crippen LogP contribution in [-0.4, -0.2) is 38.0 Å². The molecule has 4 rings (SSSR count). The molecule has 0 radical (unpaired) electrons. The van der Waals surface area contributed by atoms with Crippen LogP contribution in [0.4, 0.5) is 5.69 Å². The van der Waals surface area contributed by atoms with Gasteiger partial charge in [-0.1, -0.05) is 6.07 Å². The molecule has 3 N–H and O–H groups in total. The Morgan fingerprint density at radius 1 is 1.13 bits per heavy atom. The van der Waals surface area contributed by atoms with Crippen molar-refractivity contribution in [1.82, 2.24) is 0 Å². The van der Waals surface area contributed by atoms with Gasteiger partial charge in [0.25, 0.3) is 5.91 Å². The highest BCUT2D eigenvalue weighted by molar-refractivity contribution is 5.99. The van der Waals surface area contributed by atoms with Crippen molar-refractivity contribution in [2.75, 3.05) is 25.6 Å². The molecule has 2 aliphatic rings. The largest absolute Gasteiger partial charge is 0.490 e. The fraction of sp³-hybridized carbons (Fsp3) is 0.286. The fourth-order valence-electron chi connectivity index (χ4n) is 4.43. The second kappa shape index (κ2) is 11.5. The van der Waals surface area contributed by atoms with Crippen molar-refractivity contribution in [2.45, 2.75) is 32.1 Å². The normalized spacial score (nSPS) is 16.7. The van der Waals surface area contributed by atoms with Crippen molar-refractivity contribution in [3.8, 4) is 17.6 Å². The molecule has 0 spiro atoms. The minimum absolute atomic E-state index is 0.0134. The monoisotopic (exact) mass is 517 g/mol. The lowest BCUT2D eigenvalue weighted by atomic mass is 9.77. The average Bonchev–Trinajstić information content (AvgIpc) is 2.92. The lowest BCUT2D eigenvalue weighted by Crippen LogP contribution is -2.27. The van der Waals surface area contributed by atoms with Crippen LogP contribution in [-0.2, 0) is 19.1 Å². The summed E-state index contributed by atoms with van der Waals surface area (Å²) >= 11 is 0. The van der Waals surface area contributed by atoms with Crippen LogP contribution in [0.25, 0.3) is 0 Å². The van der Waals surface area contributed by atoms with E-state index in [4.69, 9.17) is 19.9 Å². The van der Waals surface area contributed by atoms with E-state index in [0.29, 0.717) is 65.5 Å². The van der Waals surface area contributed by atoms with Gasteiger partial charge in [-0.3, -0.25) is 9.59 Å². The number of carbonyl (C=O) groups excluding carboxylic acids is 3. The SMILES string of the molecule is CCOc1cc(C2C(C#N)=C(N)OC3=C2C(=O)CCC3)ccc1OCC(=O)Nc1ccc(C(=O)OC)cc1. The number of rotatable bonds is 8. The highest BCUT2D eigenvalue weighted by Crippen LogP contribution is 2.45. The van der Waals surface area contributed by atoms with Crippen molar-refractivity contribution in [3.63, 3.8) is 0 Å². The maximum absolute atomic E-state index is 12.8. The average molecular weight is 518 g/mol. The van der Waals surface area contributed by atoms with Gasteiger partial charge in [0.05, 0.1) is 25.2 Å². The number of nitrogens with zero attached hydrogens (tertiary/aromatic N) is 1. The number of nitriles is 1. The number of benzene rings is 2. The molecule has 0 saturated heterocycles. The number of ether oxygens (including phenoxy) is 4. The number of allylic oxidation sites excluding steroid dienone is 3. The van der Waals surface area contributed by atoms with Gasteiger partial charge in [-0.25, -0.2) is 4.79 Å². The van der Waals surface area contributed by atoms with Crippen molar-refractivity contribution in [2.24, 2.45) is 5.73 Å². The number of nitrogens with one attached hydrogen (secondary N) is 1. The zero-order valence-electron chi connectivity index (χ0n) is 21.0. The number of nitrogens with two attached hydrogens (primary N) is 1. The summed E-state index contributed by atoms with van der Waals surface area (Å²) in [5, 5.41) is 12.5. The predicted molar refractivity (Wildman–Crippen MR) is 136 cm³/mol. The van der Waals surface area contributed by atoms with Gasteiger partial charge in [0, 0.05) is 24.1 Å². The lowest BCUT2D eigenvalue weighted by Gasteiger charge is -2.31. The lowest BCUT2D eigenvalue weighted by molar-refractivity contribution is -0.118. The summed E-state index contributed by atoms with van der Waals surface area (Å²) in [6, 6.07) is 13.4. The third-order valence-corrected chi connectivity index (χ3v) is 6.15. The van der Waals surface area contributed by atoms with Gasteiger partial charge >= 0.3 is 5.97 Å². The third-order valence-electron chi connectivity index (χ3n) is 6.15. The van der Waals surface area contributed by atoms with Gasteiger partial charge in [-0.2, -0.15) is 5.26 Å². The van der Waals surface area contributed by atoms with Crippen molar-refractivity contribution in [3.05, 3.63) is 76.4 Å². The van der Waals surface area contributed by atoms with Crippen LogP contribution in [0, 0.1) is 11.3 Å². The summed E-state index contributed by atoms with van der Waals surface area (Å²) in [5.74, 6) is -0.493. The molecule has 2 aromatic carbocycles. The van der Waals surface area contributed by atoms with Crippen molar-refractivity contribution >= 4 is 23.3 Å². The number of carbonyl (C=O) groups is 3. The summed E-state index contributed by atoms with van der Waals surface area (Å²) in [5.41, 5.74) is 8.11. The molecule has 1 heterocycles. The quantitative estimate of drug-likeness (QED) is 0.500. The smallest absolute Gasteiger partial charge is 0.337 e. The summed E-state index contributed by atoms with van der Waals surface area (Å²) in [7, 11) is 1.29. The fourth-order valence-corrected chi connectivity index (χ4v) is 4.43. The molecule has 196 valence electrons. The molecule has 1 aliphatic heterocycles. The molecule has 0 fully saturated rings. The van der Waals surface area contributed by atoms with E-state index >= 15 is 0 Å². The molecule has 10 heteroatoms. The van der Waals surface area contributed by atoms with Gasteiger partial charge in [0.1, 0.15) is 17.4 Å².